The predicted molar refractivity (Wildman–Crippen MR) is 143 cm³/mol. The minimum Gasteiger partial charge on any atom is -0.359 e. The lowest BCUT2D eigenvalue weighted by Crippen LogP contribution is -2.58. The second kappa shape index (κ2) is 13.4. The zero-order chi connectivity index (χ0) is 25.7. The Balaban J connectivity index is 1.41. The first-order valence-electron chi connectivity index (χ1n) is 13.2. The largest absolute Gasteiger partial charge is 0.359 e. The van der Waals surface area contributed by atoms with Crippen molar-refractivity contribution < 1.29 is 42.7 Å². The van der Waals surface area contributed by atoms with E-state index in [-0.39, 0.29) is 55.2 Å². The van der Waals surface area contributed by atoms with Gasteiger partial charge in [0, 0.05) is 61.9 Å². The molecule has 0 saturated carbocycles. The van der Waals surface area contributed by atoms with E-state index in [1.165, 1.54) is 0 Å². The van der Waals surface area contributed by atoms with Crippen molar-refractivity contribution >= 4 is 41.1 Å². The summed E-state index contributed by atoms with van der Waals surface area (Å²) in [5.74, 6) is 2.99. The molecule has 0 aromatic rings. The maximum Gasteiger partial charge on any atom is 0.175 e. The molecule has 5 saturated heterocycles. The van der Waals surface area contributed by atoms with Crippen molar-refractivity contribution in [1.29, 1.82) is 0 Å². The third kappa shape index (κ3) is 6.05. The van der Waals surface area contributed by atoms with Crippen LogP contribution in [0.3, 0.4) is 0 Å². The van der Waals surface area contributed by atoms with Gasteiger partial charge in [0.1, 0.15) is 19.4 Å². The monoisotopic (exact) mass is 580 g/mol. The number of carbonyl (C=O) groups excluding carboxylic acids is 1. The summed E-state index contributed by atoms with van der Waals surface area (Å²) >= 11 is 5.53. The van der Waals surface area contributed by atoms with Gasteiger partial charge in [0.25, 0.3) is 0 Å². The molecule has 0 amide bonds. The second-order valence-corrected chi connectivity index (χ2v) is 13.5. The van der Waals surface area contributed by atoms with Gasteiger partial charge in [0.2, 0.25) is 0 Å². The molecule has 0 aromatic carbocycles. The molecule has 2 spiro atoms. The van der Waals surface area contributed by atoms with Crippen LogP contribution in [0.1, 0.15) is 12.8 Å². The van der Waals surface area contributed by atoms with Gasteiger partial charge in [0.15, 0.2) is 11.6 Å². The second-order valence-electron chi connectivity index (χ2n) is 10.1. The fourth-order valence-corrected chi connectivity index (χ4v) is 10.4. The standard InChI is InChI=1S/C25H40O9S3/c1-27-15-29-22(19-13-35-9-3-24(19)31-5-6-32-24)17-11-37-12-18(21(17)26)23(30-16-28-2)20-14-36-10-4-25(20)33-7-8-34-25/h17-20,22-23H,3-16H2,1-2H3/t17-,18-,19+,20+,22-,23-/m1/s1. The molecule has 9 nitrogen and oxygen atoms in total. The molecule has 12 heteroatoms. The lowest BCUT2D eigenvalue weighted by atomic mass is 9.76. The van der Waals surface area contributed by atoms with E-state index in [1.54, 1.807) is 26.0 Å². The number of thioether (sulfide) groups is 3. The Labute approximate surface area is 232 Å². The molecular formula is C25H40O9S3. The average molecular weight is 581 g/mol. The molecule has 212 valence electrons. The number of ether oxygens (including phenoxy) is 8. The molecule has 6 atom stereocenters. The van der Waals surface area contributed by atoms with Crippen LogP contribution in [-0.4, -0.2) is 118 Å². The Kier molecular flexibility index (Phi) is 10.5. The first-order chi connectivity index (χ1) is 18.1. The van der Waals surface area contributed by atoms with Crippen LogP contribution in [0.15, 0.2) is 0 Å². The van der Waals surface area contributed by atoms with Crippen molar-refractivity contribution in [3.63, 3.8) is 0 Å². The van der Waals surface area contributed by atoms with Crippen molar-refractivity contribution in [2.75, 3.05) is 88.8 Å². The van der Waals surface area contributed by atoms with E-state index in [2.05, 4.69) is 0 Å². The number of Topliss-reactive ketones (excluding diaryl/α,β-unsaturated/α-hetero) is 1. The maximum absolute atomic E-state index is 14.4. The van der Waals surface area contributed by atoms with E-state index < -0.39 is 11.6 Å². The van der Waals surface area contributed by atoms with E-state index >= 15 is 0 Å². The molecule has 0 aromatic heterocycles. The minimum atomic E-state index is -0.691. The Morgan fingerprint density at radius 1 is 0.730 bits per heavy atom. The van der Waals surface area contributed by atoms with Gasteiger partial charge in [-0.2, -0.15) is 35.3 Å². The minimum absolute atomic E-state index is 0.0615. The van der Waals surface area contributed by atoms with Crippen molar-refractivity contribution in [3.05, 3.63) is 0 Å². The van der Waals surface area contributed by atoms with Crippen molar-refractivity contribution in [2.45, 2.75) is 36.6 Å². The first kappa shape index (κ1) is 28.9. The normalized spacial score (nSPS) is 35.2. The number of hydrogen-bond donors (Lipinski definition) is 0. The summed E-state index contributed by atoms with van der Waals surface area (Å²) in [5.41, 5.74) is 0. The lowest BCUT2D eigenvalue weighted by molar-refractivity contribution is -0.238. The molecule has 0 aliphatic carbocycles. The maximum atomic E-state index is 14.4. The molecule has 37 heavy (non-hydrogen) atoms. The highest BCUT2D eigenvalue weighted by molar-refractivity contribution is 7.99. The Hall–Kier alpha value is 0.400. The summed E-state index contributed by atoms with van der Waals surface area (Å²) in [6, 6.07) is 0. The van der Waals surface area contributed by atoms with E-state index in [0.29, 0.717) is 37.9 Å². The summed E-state index contributed by atoms with van der Waals surface area (Å²) in [6.07, 6.45) is 0.849. The zero-order valence-electron chi connectivity index (χ0n) is 21.8. The molecule has 0 bridgehead atoms. The summed E-state index contributed by atoms with van der Waals surface area (Å²) < 4.78 is 48.2. The fourth-order valence-electron chi connectivity index (χ4n) is 6.42. The van der Waals surface area contributed by atoms with Crippen LogP contribution in [0.5, 0.6) is 0 Å². The topological polar surface area (TPSA) is 90.9 Å². The van der Waals surface area contributed by atoms with E-state index in [9.17, 15) is 4.79 Å². The number of ketones is 1. The van der Waals surface area contributed by atoms with Crippen LogP contribution in [0.2, 0.25) is 0 Å². The zero-order valence-corrected chi connectivity index (χ0v) is 24.2. The third-order valence-electron chi connectivity index (χ3n) is 8.14. The van der Waals surface area contributed by atoms with Gasteiger partial charge < -0.3 is 37.9 Å². The number of methoxy groups -OCH3 is 2. The van der Waals surface area contributed by atoms with Gasteiger partial charge in [-0.3, -0.25) is 4.79 Å². The Morgan fingerprint density at radius 2 is 1.16 bits per heavy atom. The molecule has 5 aliphatic heterocycles. The van der Waals surface area contributed by atoms with Crippen molar-refractivity contribution in [1.82, 2.24) is 0 Å². The van der Waals surface area contributed by atoms with Crippen LogP contribution in [-0.2, 0) is 42.7 Å². The summed E-state index contributed by atoms with van der Waals surface area (Å²) in [7, 11) is 3.23. The highest BCUT2D eigenvalue weighted by Crippen LogP contribution is 2.48. The van der Waals surface area contributed by atoms with Gasteiger partial charge >= 0.3 is 0 Å². The molecule has 0 N–H and O–H groups in total. The van der Waals surface area contributed by atoms with Crippen LogP contribution in [0.4, 0.5) is 0 Å². The van der Waals surface area contributed by atoms with Gasteiger partial charge in [-0.25, -0.2) is 0 Å². The first-order valence-corrected chi connectivity index (χ1v) is 16.6. The van der Waals surface area contributed by atoms with Crippen molar-refractivity contribution in [2.24, 2.45) is 23.7 Å². The predicted octanol–water partition coefficient (Wildman–Crippen LogP) is 2.51. The average Bonchev–Trinajstić information content (AvgIpc) is 3.58. The Morgan fingerprint density at radius 3 is 1.57 bits per heavy atom. The quantitative estimate of drug-likeness (QED) is 0.356. The van der Waals surface area contributed by atoms with E-state index in [0.717, 1.165) is 35.9 Å². The molecule has 5 fully saturated rings. The molecule has 5 heterocycles. The van der Waals surface area contributed by atoms with Crippen molar-refractivity contribution in [3.8, 4) is 0 Å². The number of carbonyl (C=O) groups is 1. The van der Waals surface area contributed by atoms with Gasteiger partial charge in [0.05, 0.1) is 50.5 Å². The van der Waals surface area contributed by atoms with E-state index in [4.69, 9.17) is 37.9 Å². The van der Waals surface area contributed by atoms with Gasteiger partial charge in [-0.1, -0.05) is 0 Å². The van der Waals surface area contributed by atoms with Gasteiger partial charge in [-0.15, -0.1) is 0 Å². The molecule has 5 aliphatic rings. The smallest absolute Gasteiger partial charge is 0.175 e. The van der Waals surface area contributed by atoms with Crippen LogP contribution >= 0.6 is 35.3 Å². The van der Waals surface area contributed by atoms with Crippen LogP contribution < -0.4 is 0 Å². The Bertz CT molecular complexity index is 689. The number of hydrogen-bond acceptors (Lipinski definition) is 12. The summed E-state index contributed by atoms with van der Waals surface area (Å²) in [5, 5.41) is 0. The number of rotatable bonds is 10. The summed E-state index contributed by atoms with van der Waals surface area (Å²) in [6.45, 7) is 2.53. The third-order valence-corrected chi connectivity index (χ3v) is 11.5. The molecule has 5 rings (SSSR count). The highest BCUT2D eigenvalue weighted by atomic mass is 32.2. The highest BCUT2D eigenvalue weighted by Gasteiger charge is 2.57. The van der Waals surface area contributed by atoms with E-state index in [1.807, 2.05) is 23.5 Å². The fraction of sp³-hybridized carbons (Fsp3) is 0.960. The van der Waals surface area contributed by atoms with Crippen LogP contribution in [0, 0.1) is 23.7 Å². The molecular weight excluding hydrogens is 540 g/mol. The molecule has 0 unspecified atom stereocenters. The van der Waals surface area contributed by atoms with Crippen LogP contribution in [0.25, 0.3) is 0 Å². The van der Waals surface area contributed by atoms with Gasteiger partial charge in [-0.05, 0) is 11.5 Å². The summed E-state index contributed by atoms with van der Waals surface area (Å²) in [4.78, 5) is 14.4. The molecule has 0 radical (unpaired) electrons. The SMILES string of the molecule is COCO[C@H]([C@@H]1CSC[C@@H]([C@@H](OCOC)[C@@H]2CSCCC23OCCO3)C1=O)[C@@H]1CSCCC12OCCO2. The lowest BCUT2D eigenvalue weighted by Gasteiger charge is -2.48.